The number of hydrogen-bond acceptors (Lipinski definition) is 3. The van der Waals surface area contributed by atoms with E-state index >= 15 is 0 Å². The molecule has 2 unspecified atom stereocenters. The molecule has 1 aromatic carbocycles. The van der Waals surface area contributed by atoms with Gasteiger partial charge in [-0.15, -0.1) is 0 Å². The number of hydrogen-bond donors (Lipinski definition) is 1. The van der Waals surface area contributed by atoms with Gasteiger partial charge < -0.3 is 15.5 Å². The van der Waals surface area contributed by atoms with Crippen LogP contribution in [-0.2, 0) is 4.79 Å². The van der Waals surface area contributed by atoms with E-state index in [1.54, 1.807) is 9.80 Å². The zero-order valence-corrected chi connectivity index (χ0v) is 14.1. The second-order valence-electron chi connectivity index (χ2n) is 6.51. The second-order valence-corrected chi connectivity index (χ2v) is 6.95. The quantitative estimate of drug-likeness (QED) is 0.883. The lowest BCUT2D eigenvalue weighted by molar-refractivity contribution is -0.136. The molecule has 1 aliphatic heterocycles. The van der Waals surface area contributed by atoms with E-state index in [4.69, 9.17) is 17.3 Å². The van der Waals surface area contributed by atoms with E-state index in [0.29, 0.717) is 26.2 Å². The molecule has 2 fully saturated rings. The predicted molar refractivity (Wildman–Crippen MR) is 89.2 cm³/mol. The van der Waals surface area contributed by atoms with E-state index in [2.05, 4.69) is 0 Å². The van der Waals surface area contributed by atoms with Crippen LogP contribution in [0.15, 0.2) is 18.2 Å². The monoisotopic (exact) mass is 353 g/mol. The van der Waals surface area contributed by atoms with Gasteiger partial charge in [-0.2, -0.15) is 0 Å². The summed E-state index contributed by atoms with van der Waals surface area (Å²) in [5, 5.41) is 0.259. The van der Waals surface area contributed by atoms with E-state index < -0.39 is 5.82 Å². The molecule has 1 aromatic rings. The van der Waals surface area contributed by atoms with Gasteiger partial charge in [-0.25, -0.2) is 4.39 Å². The Morgan fingerprint density at radius 1 is 1.12 bits per heavy atom. The number of amides is 2. The number of benzene rings is 1. The third-order valence-electron chi connectivity index (χ3n) is 4.86. The lowest BCUT2D eigenvalue weighted by Crippen LogP contribution is -2.52. The Hall–Kier alpha value is -1.66. The molecule has 3 rings (SSSR count). The molecule has 2 N–H and O–H groups in total. The van der Waals surface area contributed by atoms with Gasteiger partial charge in [0.1, 0.15) is 5.82 Å². The maximum absolute atomic E-state index is 13.9. The molecule has 1 saturated carbocycles. The Morgan fingerprint density at radius 2 is 1.79 bits per heavy atom. The number of carbonyl (C=O) groups is 2. The third kappa shape index (κ3) is 3.54. The van der Waals surface area contributed by atoms with E-state index in [0.717, 1.165) is 25.3 Å². The number of nitrogens with zero attached hydrogens (tertiary/aromatic N) is 2. The number of rotatable bonds is 2. The highest BCUT2D eigenvalue weighted by molar-refractivity contribution is 6.30. The van der Waals surface area contributed by atoms with Crippen LogP contribution < -0.4 is 5.73 Å². The average Bonchev–Trinajstić information content (AvgIpc) is 3.00. The van der Waals surface area contributed by atoms with Crippen LogP contribution in [0.5, 0.6) is 0 Å². The third-order valence-corrected chi connectivity index (χ3v) is 5.10. The van der Waals surface area contributed by atoms with Crippen molar-refractivity contribution in [2.75, 3.05) is 26.2 Å². The van der Waals surface area contributed by atoms with Crippen molar-refractivity contribution in [1.82, 2.24) is 9.80 Å². The Balaban J connectivity index is 1.58. The maximum atomic E-state index is 13.9. The number of piperazine rings is 1. The van der Waals surface area contributed by atoms with Crippen molar-refractivity contribution in [3.05, 3.63) is 34.6 Å². The summed E-state index contributed by atoms with van der Waals surface area (Å²) in [4.78, 5) is 28.3. The molecular weight excluding hydrogens is 333 g/mol. The van der Waals surface area contributed by atoms with Gasteiger partial charge in [0, 0.05) is 43.2 Å². The first kappa shape index (κ1) is 17.2. The Bertz CT molecular complexity index is 647. The second kappa shape index (κ2) is 7.07. The van der Waals surface area contributed by atoms with Crippen LogP contribution in [0.25, 0.3) is 0 Å². The standard InChI is InChI=1S/C17H21ClFN3O2/c18-12-2-4-14(15(19)10-12)17(24)22-7-5-21(6-8-22)16(23)11-1-3-13(20)9-11/h2,4,10-11,13H,1,3,5-9,20H2. The summed E-state index contributed by atoms with van der Waals surface area (Å²) in [6.07, 6.45) is 2.48. The van der Waals surface area contributed by atoms with E-state index in [1.165, 1.54) is 12.1 Å². The summed E-state index contributed by atoms with van der Waals surface area (Å²) in [5.74, 6) is -0.839. The van der Waals surface area contributed by atoms with Gasteiger partial charge in [0.05, 0.1) is 5.56 Å². The summed E-state index contributed by atoms with van der Waals surface area (Å²) >= 11 is 5.72. The maximum Gasteiger partial charge on any atom is 0.256 e. The molecule has 1 saturated heterocycles. The van der Waals surface area contributed by atoms with Gasteiger partial charge >= 0.3 is 0 Å². The first-order valence-electron chi connectivity index (χ1n) is 8.24. The predicted octanol–water partition coefficient (Wildman–Crippen LogP) is 1.89. The highest BCUT2D eigenvalue weighted by atomic mass is 35.5. The molecule has 0 aromatic heterocycles. The summed E-state index contributed by atoms with van der Waals surface area (Å²) in [7, 11) is 0. The van der Waals surface area contributed by atoms with Crippen LogP contribution in [-0.4, -0.2) is 53.8 Å². The van der Waals surface area contributed by atoms with E-state index in [9.17, 15) is 14.0 Å². The van der Waals surface area contributed by atoms with Crippen LogP contribution in [0.2, 0.25) is 5.02 Å². The number of carbonyl (C=O) groups excluding carboxylic acids is 2. The topological polar surface area (TPSA) is 66.6 Å². The van der Waals surface area contributed by atoms with Crippen molar-refractivity contribution in [3.8, 4) is 0 Å². The zero-order chi connectivity index (χ0) is 17.3. The van der Waals surface area contributed by atoms with E-state index in [-0.39, 0.29) is 34.4 Å². The first-order chi connectivity index (χ1) is 11.5. The van der Waals surface area contributed by atoms with Crippen molar-refractivity contribution >= 4 is 23.4 Å². The van der Waals surface area contributed by atoms with Gasteiger partial charge in [0.2, 0.25) is 5.91 Å². The normalized spacial score (nSPS) is 24.3. The minimum absolute atomic E-state index is 0.0101. The smallest absolute Gasteiger partial charge is 0.256 e. The van der Waals surface area contributed by atoms with Crippen molar-refractivity contribution in [2.45, 2.75) is 25.3 Å². The largest absolute Gasteiger partial charge is 0.339 e. The van der Waals surface area contributed by atoms with Crippen LogP contribution >= 0.6 is 11.6 Å². The zero-order valence-electron chi connectivity index (χ0n) is 13.4. The molecule has 0 radical (unpaired) electrons. The first-order valence-corrected chi connectivity index (χ1v) is 8.62. The number of halogens is 2. The van der Waals surface area contributed by atoms with Crippen molar-refractivity contribution < 1.29 is 14.0 Å². The minimum atomic E-state index is -0.619. The fraction of sp³-hybridized carbons (Fsp3) is 0.529. The molecule has 0 bridgehead atoms. The summed E-state index contributed by atoms with van der Waals surface area (Å²) in [5.41, 5.74) is 5.89. The molecule has 0 spiro atoms. The molecule has 5 nitrogen and oxygen atoms in total. The summed E-state index contributed by atoms with van der Waals surface area (Å²) in [6.45, 7) is 1.77. The minimum Gasteiger partial charge on any atom is -0.339 e. The molecular formula is C17H21ClFN3O2. The molecule has 130 valence electrons. The summed E-state index contributed by atoms with van der Waals surface area (Å²) < 4.78 is 13.9. The molecule has 24 heavy (non-hydrogen) atoms. The van der Waals surface area contributed by atoms with Gasteiger partial charge in [0.15, 0.2) is 0 Å². The van der Waals surface area contributed by atoms with Gasteiger partial charge in [-0.1, -0.05) is 11.6 Å². The van der Waals surface area contributed by atoms with Crippen LogP contribution in [0, 0.1) is 11.7 Å². The Morgan fingerprint density at radius 3 is 2.38 bits per heavy atom. The lowest BCUT2D eigenvalue weighted by Gasteiger charge is -2.36. The van der Waals surface area contributed by atoms with E-state index in [1.807, 2.05) is 0 Å². The van der Waals surface area contributed by atoms with Crippen LogP contribution in [0.3, 0.4) is 0 Å². The highest BCUT2D eigenvalue weighted by Gasteiger charge is 2.33. The lowest BCUT2D eigenvalue weighted by atomic mass is 10.1. The molecule has 1 heterocycles. The molecule has 2 amide bonds. The molecule has 2 aliphatic rings. The van der Waals surface area contributed by atoms with Crippen molar-refractivity contribution in [1.29, 1.82) is 0 Å². The van der Waals surface area contributed by atoms with Gasteiger partial charge in [-0.05, 0) is 37.5 Å². The van der Waals surface area contributed by atoms with Gasteiger partial charge in [0.25, 0.3) is 5.91 Å². The Labute approximate surface area is 145 Å². The SMILES string of the molecule is NC1CCC(C(=O)N2CCN(C(=O)c3ccc(Cl)cc3F)CC2)C1. The fourth-order valence-electron chi connectivity index (χ4n) is 3.46. The van der Waals surface area contributed by atoms with Gasteiger partial charge in [-0.3, -0.25) is 9.59 Å². The average molecular weight is 354 g/mol. The molecule has 2 atom stereocenters. The summed E-state index contributed by atoms with van der Waals surface area (Å²) in [6, 6.07) is 4.16. The molecule has 7 heteroatoms. The highest BCUT2D eigenvalue weighted by Crippen LogP contribution is 2.26. The van der Waals surface area contributed by atoms with Crippen LogP contribution in [0.1, 0.15) is 29.6 Å². The van der Waals surface area contributed by atoms with Crippen molar-refractivity contribution in [2.24, 2.45) is 11.7 Å². The van der Waals surface area contributed by atoms with Crippen LogP contribution in [0.4, 0.5) is 4.39 Å². The number of nitrogens with two attached hydrogens (primary N) is 1. The Kier molecular flexibility index (Phi) is 5.06. The fourth-order valence-corrected chi connectivity index (χ4v) is 3.62. The van der Waals surface area contributed by atoms with Crippen molar-refractivity contribution in [3.63, 3.8) is 0 Å². The molecule has 1 aliphatic carbocycles.